The maximum atomic E-state index is 5.43. The molecular weight excluding hydrogens is 162 g/mol. The zero-order valence-corrected chi connectivity index (χ0v) is 7.57. The molecule has 0 N–H and O–H groups in total. The van der Waals surface area contributed by atoms with Crippen LogP contribution < -0.4 is 0 Å². The van der Waals surface area contributed by atoms with E-state index in [9.17, 15) is 0 Å². The molecule has 1 aliphatic rings. The van der Waals surface area contributed by atoms with Gasteiger partial charge in [0.2, 0.25) is 0 Å². The number of rotatable bonds is 1. The van der Waals surface area contributed by atoms with Crippen molar-refractivity contribution in [1.82, 2.24) is 0 Å². The number of benzene rings is 1. The first-order chi connectivity index (χ1) is 6.45. The highest BCUT2D eigenvalue weighted by Gasteiger charge is 2.06. The van der Waals surface area contributed by atoms with Gasteiger partial charge < -0.3 is 4.74 Å². The molecule has 2 nitrogen and oxygen atoms in total. The van der Waals surface area contributed by atoms with E-state index < -0.39 is 0 Å². The third-order valence-corrected chi connectivity index (χ3v) is 2.06. The molecule has 1 aliphatic heterocycles. The van der Waals surface area contributed by atoms with E-state index >= 15 is 0 Å². The second-order valence-electron chi connectivity index (χ2n) is 3.15. The van der Waals surface area contributed by atoms with Gasteiger partial charge in [-0.05, 0) is 25.0 Å². The first-order valence-corrected chi connectivity index (χ1v) is 4.70. The molecule has 0 unspecified atom stereocenters. The van der Waals surface area contributed by atoms with Gasteiger partial charge in [0.05, 0.1) is 12.3 Å². The van der Waals surface area contributed by atoms with Crippen molar-refractivity contribution in [1.29, 1.82) is 0 Å². The van der Waals surface area contributed by atoms with Gasteiger partial charge in [-0.2, -0.15) is 0 Å². The summed E-state index contributed by atoms with van der Waals surface area (Å²) in [6, 6.07) is 9.95. The van der Waals surface area contributed by atoms with Crippen molar-refractivity contribution in [3.05, 3.63) is 30.3 Å². The molecule has 2 rings (SSSR count). The minimum atomic E-state index is 0.825. The zero-order valence-electron chi connectivity index (χ0n) is 7.57. The van der Waals surface area contributed by atoms with Crippen molar-refractivity contribution in [2.75, 3.05) is 6.61 Å². The minimum absolute atomic E-state index is 0.825. The lowest BCUT2D eigenvalue weighted by Crippen LogP contribution is -2.11. The Balaban J connectivity index is 2.10. The van der Waals surface area contributed by atoms with E-state index in [0.29, 0.717) is 0 Å². The predicted molar refractivity (Wildman–Crippen MR) is 53.3 cm³/mol. The van der Waals surface area contributed by atoms with E-state index in [1.807, 2.05) is 30.3 Å². The topological polar surface area (TPSA) is 21.6 Å². The number of aliphatic imine (C=N–C) groups is 1. The first kappa shape index (κ1) is 8.30. The van der Waals surface area contributed by atoms with Crippen LogP contribution in [-0.2, 0) is 4.74 Å². The lowest BCUT2D eigenvalue weighted by Gasteiger charge is -2.14. The lowest BCUT2D eigenvalue weighted by molar-refractivity contribution is 0.260. The summed E-state index contributed by atoms with van der Waals surface area (Å²) in [5.41, 5.74) is 0.986. The van der Waals surface area contributed by atoms with Gasteiger partial charge in [0.25, 0.3) is 0 Å². The van der Waals surface area contributed by atoms with Crippen LogP contribution in [0.15, 0.2) is 35.3 Å². The molecule has 1 aromatic carbocycles. The number of hydrogen-bond acceptors (Lipinski definition) is 2. The average molecular weight is 175 g/mol. The molecule has 0 spiro atoms. The molecule has 1 saturated heterocycles. The fourth-order valence-corrected chi connectivity index (χ4v) is 1.38. The van der Waals surface area contributed by atoms with Crippen LogP contribution >= 0.6 is 0 Å². The Hall–Kier alpha value is -1.31. The van der Waals surface area contributed by atoms with Crippen LogP contribution in [0.5, 0.6) is 0 Å². The van der Waals surface area contributed by atoms with Crippen LogP contribution in [0.25, 0.3) is 0 Å². The summed E-state index contributed by atoms with van der Waals surface area (Å²) in [4.78, 5) is 4.41. The third kappa shape index (κ3) is 2.31. The van der Waals surface area contributed by atoms with E-state index in [2.05, 4.69) is 4.99 Å². The van der Waals surface area contributed by atoms with Gasteiger partial charge in [0, 0.05) is 6.42 Å². The smallest absolute Gasteiger partial charge is 0.188 e. The molecule has 13 heavy (non-hydrogen) atoms. The Morgan fingerprint density at radius 2 is 1.92 bits per heavy atom. The molecule has 0 aliphatic carbocycles. The second kappa shape index (κ2) is 4.08. The van der Waals surface area contributed by atoms with Gasteiger partial charge in [0.15, 0.2) is 5.90 Å². The van der Waals surface area contributed by atoms with E-state index in [-0.39, 0.29) is 0 Å². The monoisotopic (exact) mass is 175 g/mol. The number of ether oxygens (including phenoxy) is 1. The van der Waals surface area contributed by atoms with Crippen LogP contribution in [0.4, 0.5) is 5.69 Å². The summed E-state index contributed by atoms with van der Waals surface area (Å²) >= 11 is 0. The van der Waals surface area contributed by atoms with Gasteiger partial charge >= 0.3 is 0 Å². The van der Waals surface area contributed by atoms with Crippen LogP contribution in [0.3, 0.4) is 0 Å². The predicted octanol–water partition coefficient (Wildman–Crippen LogP) is 2.92. The molecule has 0 atom stereocenters. The quantitative estimate of drug-likeness (QED) is 0.643. The van der Waals surface area contributed by atoms with Crippen molar-refractivity contribution >= 4 is 11.6 Å². The van der Waals surface area contributed by atoms with Crippen LogP contribution in [0, 0.1) is 0 Å². The number of para-hydroxylation sites is 1. The van der Waals surface area contributed by atoms with Crippen molar-refractivity contribution in [2.45, 2.75) is 19.3 Å². The van der Waals surface area contributed by atoms with Crippen molar-refractivity contribution < 1.29 is 4.74 Å². The summed E-state index contributed by atoms with van der Waals surface area (Å²) in [5, 5.41) is 0. The van der Waals surface area contributed by atoms with E-state index in [1.165, 1.54) is 6.42 Å². The molecule has 1 heterocycles. The van der Waals surface area contributed by atoms with E-state index in [0.717, 1.165) is 31.0 Å². The van der Waals surface area contributed by atoms with Gasteiger partial charge in [-0.15, -0.1) is 0 Å². The molecule has 0 amide bonds. The highest BCUT2D eigenvalue weighted by atomic mass is 16.5. The van der Waals surface area contributed by atoms with E-state index in [1.54, 1.807) is 0 Å². The first-order valence-electron chi connectivity index (χ1n) is 4.70. The maximum Gasteiger partial charge on any atom is 0.188 e. The largest absolute Gasteiger partial charge is 0.481 e. The normalized spacial score (nSPS) is 19.8. The summed E-state index contributed by atoms with van der Waals surface area (Å²) in [6.07, 6.45) is 3.34. The molecule has 1 aromatic rings. The molecule has 0 aromatic heterocycles. The Morgan fingerprint density at radius 3 is 2.62 bits per heavy atom. The SMILES string of the molecule is c1ccc(N=C2CCCCO2)cc1. The van der Waals surface area contributed by atoms with E-state index in [4.69, 9.17) is 4.74 Å². The summed E-state index contributed by atoms with van der Waals surface area (Å²) in [7, 11) is 0. The molecule has 0 bridgehead atoms. The molecule has 0 saturated carbocycles. The Bertz CT molecular complexity index is 284. The van der Waals surface area contributed by atoms with Gasteiger partial charge in [-0.25, -0.2) is 4.99 Å². The number of nitrogens with zero attached hydrogens (tertiary/aromatic N) is 1. The standard InChI is InChI=1S/C11H13NO/c1-2-6-10(7-3-1)12-11-8-4-5-9-13-11/h1-3,6-7H,4-5,8-9H2. The van der Waals surface area contributed by atoms with Gasteiger partial charge in [-0.3, -0.25) is 0 Å². The average Bonchev–Trinajstić information content (AvgIpc) is 2.21. The fourth-order valence-electron chi connectivity index (χ4n) is 1.38. The Kier molecular flexibility index (Phi) is 2.60. The van der Waals surface area contributed by atoms with Crippen molar-refractivity contribution in [2.24, 2.45) is 4.99 Å². The van der Waals surface area contributed by atoms with Crippen LogP contribution in [-0.4, -0.2) is 12.5 Å². The highest BCUT2D eigenvalue weighted by molar-refractivity contribution is 5.79. The fraction of sp³-hybridized carbons (Fsp3) is 0.364. The zero-order chi connectivity index (χ0) is 8.93. The molecule has 0 radical (unpaired) electrons. The second-order valence-corrected chi connectivity index (χ2v) is 3.15. The Morgan fingerprint density at radius 1 is 1.08 bits per heavy atom. The summed E-state index contributed by atoms with van der Waals surface area (Å²) < 4.78 is 5.43. The number of hydrogen-bond donors (Lipinski definition) is 0. The van der Waals surface area contributed by atoms with Gasteiger partial charge in [-0.1, -0.05) is 18.2 Å². The Labute approximate surface area is 78.3 Å². The van der Waals surface area contributed by atoms with Crippen molar-refractivity contribution in [3.8, 4) is 0 Å². The molecular formula is C11H13NO. The summed E-state index contributed by atoms with van der Waals surface area (Å²) in [6.45, 7) is 0.825. The van der Waals surface area contributed by atoms with Crippen molar-refractivity contribution in [3.63, 3.8) is 0 Å². The highest BCUT2D eigenvalue weighted by Crippen LogP contribution is 2.15. The summed E-state index contributed by atoms with van der Waals surface area (Å²) in [5.74, 6) is 0.887. The molecule has 2 heteroatoms. The third-order valence-electron chi connectivity index (χ3n) is 2.06. The van der Waals surface area contributed by atoms with Crippen LogP contribution in [0.1, 0.15) is 19.3 Å². The van der Waals surface area contributed by atoms with Gasteiger partial charge in [0.1, 0.15) is 0 Å². The lowest BCUT2D eigenvalue weighted by atomic mass is 10.2. The molecule has 1 fully saturated rings. The molecule has 68 valence electrons. The maximum absolute atomic E-state index is 5.43. The van der Waals surface area contributed by atoms with Crippen LogP contribution in [0.2, 0.25) is 0 Å². The minimum Gasteiger partial charge on any atom is -0.481 e.